The maximum Gasteiger partial charge on any atom is 0.207 e. The lowest BCUT2D eigenvalue weighted by molar-refractivity contribution is -0.109. The van der Waals surface area contributed by atoms with Gasteiger partial charge in [-0.1, -0.05) is 13.3 Å². The molecule has 0 aromatic heterocycles. The lowest BCUT2D eigenvalue weighted by atomic mass is 9.93. The molecule has 2 N–H and O–H groups in total. The number of hydrogen-bond acceptors (Lipinski definition) is 2. The second kappa shape index (κ2) is 5.35. The van der Waals surface area contributed by atoms with Gasteiger partial charge in [0.2, 0.25) is 6.41 Å². The van der Waals surface area contributed by atoms with Crippen molar-refractivity contribution in [3.63, 3.8) is 0 Å². The first-order valence-electron chi connectivity index (χ1n) is 5.60. The Kier molecular flexibility index (Phi) is 4.39. The normalized spacial score (nSPS) is 30.0. The van der Waals surface area contributed by atoms with Crippen molar-refractivity contribution in [2.75, 3.05) is 20.1 Å². The molecule has 1 fully saturated rings. The monoisotopic (exact) mass is 198 g/mol. The molecule has 0 aromatic rings. The first-order valence-corrected chi connectivity index (χ1v) is 5.60. The minimum Gasteiger partial charge on any atom is -0.359 e. The van der Waals surface area contributed by atoms with E-state index in [0.717, 1.165) is 31.8 Å². The summed E-state index contributed by atoms with van der Waals surface area (Å²) in [6.07, 6.45) is 5.84. The van der Waals surface area contributed by atoms with Crippen LogP contribution in [0.25, 0.3) is 0 Å². The van der Waals surface area contributed by atoms with Crippen LogP contribution in [-0.2, 0) is 4.79 Å². The van der Waals surface area contributed by atoms with Gasteiger partial charge in [-0.2, -0.15) is 0 Å². The van der Waals surface area contributed by atoms with Crippen LogP contribution in [-0.4, -0.2) is 26.5 Å². The van der Waals surface area contributed by atoms with E-state index in [9.17, 15) is 4.79 Å². The van der Waals surface area contributed by atoms with Gasteiger partial charge in [0.1, 0.15) is 0 Å². The van der Waals surface area contributed by atoms with Crippen LogP contribution in [0.4, 0.5) is 0 Å². The van der Waals surface area contributed by atoms with Gasteiger partial charge in [-0.05, 0) is 44.2 Å². The Morgan fingerprint density at radius 3 is 2.86 bits per heavy atom. The second-order valence-electron chi connectivity index (χ2n) is 4.39. The summed E-state index contributed by atoms with van der Waals surface area (Å²) in [7, 11) is 2.01. The molecule has 0 bridgehead atoms. The van der Waals surface area contributed by atoms with Crippen LogP contribution in [0.5, 0.6) is 0 Å². The van der Waals surface area contributed by atoms with E-state index in [-0.39, 0.29) is 0 Å². The van der Waals surface area contributed by atoms with Gasteiger partial charge in [0.05, 0.1) is 0 Å². The summed E-state index contributed by atoms with van der Waals surface area (Å²) in [5, 5.41) is 6.01. The van der Waals surface area contributed by atoms with Crippen molar-refractivity contribution >= 4 is 6.41 Å². The number of amides is 1. The van der Waals surface area contributed by atoms with Crippen LogP contribution in [0.1, 0.15) is 32.6 Å². The van der Waals surface area contributed by atoms with Crippen LogP contribution < -0.4 is 10.6 Å². The van der Waals surface area contributed by atoms with Crippen molar-refractivity contribution in [2.45, 2.75) is 32.6 Å². The molecule has 0 aliphatic heterocycles. The zero-order valence-corrected chi connectivity index (χ0v) is 9.31. The molecule has 1 saturated carbocycles. The van der Waals surface area contributed by atoms with E-state index in [1.807, 2.05) is 7.05 Å². The second-order valence-corrected chi connectivity index (χ2v) is 4.39. The maximum atomic E-state index is 10.2. The van der Waals surface area contributed by atoms with E-state index < -0.39 is 0 Å². The van der Waals surface area contributed by atoms with Gasteiger partial charge < -0.3 is 10.6 Å². The molecule has 1 aliphatic rings. The zero-order valence-electron chi connectivity index (χ0n) is 9.31. The van der Waals surface area contributed by atoms with Crippen molar-refractivity contribution in [3.8, 4) is 0 Å². The standard InChI is InChI=1S/C11H22N2O/c1-3-4-11(5-6-13-9-14)7-10(11)8-12-2/h9-10,12H,3-8H2,1-2H3,(H,13,14). The Labute approximate surface area is 86.6 Å². The predicted molar refractivity (Wildman–Crippen MR) is 58.1 cm³/mol. The average molecular weight is 198 g/mol. The fourth-order valence-corrected chi connectivity index (χ4v) is 2.58. The van der Waals surface area contributed by atoms with Gasteiger partial charge in [0.15, 0.2) is 0 Å². The van der Waals surface area contributed by atoms with E-state index in [1.54, 1.807) is 0 Å². The third-order valence-corrected chi connectivity index (χ3v) is 3.41. The topological polar surface area (TPSA) is 41.1 Å². The largest absolute Gasteiger partial charge is 0.359 e. The van der Waals surface area contributed by atoms with Crippen LogP contribution >= 0.6 is 0 Å². The van der Waals surface area contributed by atoms with Crippen molar-refractivity contribution in [1.29, 1.82) is 0 Å². The lowest BCUT2D eigenvalue weighted by Crippen LogP contribution is -2.21. The molecule has 3 nitrogen and oxygen atoms in total. The maximum absolute atomic E-state index is 10.2. The van der Waals surface area contributed by atoms with Crippen molar-refractivity contribution in [2.24, 2.45) is 11.3 Å². The van der Waals surface area contributed by atoms with E-state index in [1.165, 1.54) is 19.3 Å². The molecule has 0 aromatic carbocycles. The van der Waals surface area contributed by atoms with Gasteiger partial charge in [0, 0.05) is 6.54 Å². The highest BCUT2D eigenvalue weighted by atomic mass is 16.1. The fourth-order valence-electron chi connectivity index (χ4n) is 2.58. The molecule has 3 heteroatoms. The van der Waals surface area contributed by atoms with Crippen LogP contribution in [0, 0.1) is 11.3 Å². The number of carbonyl (C=O) groups excluding carboxylic acids is 1. The Balaban J connectivity index is 2.29. The number of rotatable bonds is 8. The van der Waals surface area contributed by atoms with E-state index >= 15 is 0 Å². The van der Waals surface area contributed by atoms with Crippen molar-refractivity contribution in [3.05, 3.63) is 0 Å². The summed E-state index contributed by atoms with van der Waals surface area (Å²) in [6.45, 7) is 4.20. The Morgan fingerprint density at radius 2 is 2.29 bits per heavy atom. The molecule has 14 heavy (non-hydrogen) atoms. The molecule has 2 unspecified atom stereocenters. The third kappa shape index (κ3) is 2.71. The molecule has 1 rings (SSSR count). The molecular formula is C11H22N2O. The van der Waals surface area contributed by atoms with E-state index in [0.29, 0.717) is 5.41 Å². The minimum absolute atomic E-state index is 0.535. The van der Waals surface area contributed by atoms with Crippen molar-refractivity contribution < 1.29 is 4.79 Å². The molecule has 82 valence electrons. The smallest absolute Gasteiger partial charge is 0.207 e. The Hall–Kier alpha value is -0.570. The van der Waals surface area contributed by atoms with Crippen LogP contribution in [0.2, 0.25) is 0 Å². The van der Waals surface area contributed by atoms with Gasteiger partial charge >= 0.3 is 0 Å². The molecule has 1 aliphatic carbocycles. The highest BCUT2D eigenvalue weighted by Crippen LogP contribution is 2.57. The predicted octanol–water partition coefficient (Wildman–Crippen LogP) is 1.15. The summed E-state index contributed by atoms with van der Waals surface area (Å²) < 4.78 is 0. The Morgan fingerprint density at radius 1 is 1.50 bits per heavy atom. The summed E-state index contributed by atoms with van der Waals surface area (Å²) in [6, 6.07) is 0. The summed E-state index contributed by atoms with van der Waals surface area (Å²) >= 11 is 0. The number of carbonyl (C=O) groups is 1. The highest BCUT2D eigenvalue weighted by Gasteiger charge is 2.51. The third-order valence-electron chi connectivity index (χ3n) is 3.41. The number of hydrogen-bond donors (Lipinski definition) is 2. The highest BCUT2D eigenvalue weighted by molar-refractivity contribution is 5.45. The average Bonchev–Trinajstić information content (AvgIpc) is 2.81. The lowest BCUT2D eigenvalue weighted by Gasteiger charge is -2.16. The molecular weight excluding hydrogens is 176 g/mol. The van der Waals surface area contributed by atoms with Gasteiger partial charge in [0.25, 0.3) is 0 Å². The molecule has 0 heterocycles. The van der Waals surface area contributed by atoms with Crippen molar-refractivity contribution in [1.82, 2.24) is 10.6 Å². The van der Waals surface area contributed by atoms with Crippen LogP contribution in [0.3, 0.4) is 0 Å². The molecule has 0 spiro atoms. The quantitative estimate of drug-likeness (QED) is 0.454. The molecule has 0 radical (unpaired) electrons. The first kappa shape index (κ1) is 11.5. The summed E-state index contributed by atoms with van der Waals surface area (Å²) in [5.74, 6) is 0.834. The van der Waals surface area contributed by atoms with Gasteiger partial charge in [-0.15, -0.1) is 0 Å². The SMILES string of the molecule is CCCC1(CCNC=O)CC1CNC. The van der Waals surface area contributed by atoms with Crippen LogP contribution in [0.15, 0.2) is 0 Å². The van der Waals surface area contributed by atoms with Gasteiger partial charge in [-0.25, -0.2) is 0 Å². The minimum atomic E-state index is 0.535. The number of nitrogens with one attached hydrogen (secondary N) is 2. The molecule has 2 atom stereocenters. The summed E-state index contributed by atoms with van der Waals surface area (Å²) in [4.78, 5) is 10.2. The van der Waals surface area contributed by atoms with E-state index in [2.05, 4.69) is 17.6 Å². The van der Waals surface area contributed by atoms with Gasteiger partial charge in [-0.3, -0.25) is 4.79 Å². The molecule has 0 saturated heterocycles. The molecule has 1 amide bonds. The Bertz CT molecular complexity index is 184. The fraction of sp³-hybridized carbons (Fsp3) is 0.909. The zero-order chi connectivity index (χ0) is 10.4. The van der Waals surface area contributed by atoms with E-state index in [4.69, 9.17) is 0 Å². The summed E-state index contributed by atoms with van der Waals surface area (Å²) in [5.41, 5.74) is 0.535. The first-order chi connectivity index (χ1) is 6.79.